The van der Waals surface area contributed by atoms with Gasteiger partial charge >= 0.3 is 0 Å². The van der Waals surface area contributed by atoms with Crippen LogP contribution in [0, 0.1) is 0 Å². The molecule has 0 saturated carbocycles. The van der Waals surface area contributed by atoms with Crippen molar-refractivity contribution in [2.45, 2.75) is 6.61 Å². The number of rotatable bonds is 4. The summed E-state index contributed by atoms with van der Waals surface area (Å²) in [5, 5.41) is 4.12. The Kier molecular flexibility index (Phi) is 3.85. The Bertz CT molecular complexity index is 454. The van der Waals surface area contributed by atoms with Crippen molar-refractivity contribution < 1.29 is 9.47 Å². The van der Waals surface area contributed by atoms with Gasteiger partial charge in [0, 0.05) is 0 Å². The monoisotopic (exact) mass is 298 g/mol. The number of benzene rings is 1. The molecule has 0 unspecified atom stereocenters. The van der Waals surface area contributed by atoms with Crippen LogP contribution in [0.2, 0.25) is 0 Å². The third kappa shape index (κ3) is 2.77. The Morgan fingerprint density at radius 1 is 1.31 bits per heavy atom. The first-order valence-electron chi connectivity index (χ1n) is 4.77. The molecule has 84 valence electrons. The standard InChI is InChI=1S/C12H11BrO2S/c1-14-10-2-3-12(11(13)6-10)15-7-9-4-5-16-8-9/h2-6,8H,7H2,1H3. The summed E-state index contributed by atoms with van der Waals surface area (Å²) in [6.07, 6.45) is 0. The van der Waals surface area contributed by atoms with E-state index in [9.17, 15) is 0 Å². The predicted octanol–water partition coefficient (Wildman–Crippen LogP) is 4.10. The SMILES string of the molecule is COc1ccc(OCc2ccsc2)c(Br)c1. The molecule has 2 rings (SSSR count). The molecule has 0 bridgehead atoms. The molecule has 0 fully saturated rings. The van der Waals surface area contributed by atoms with Crippen LogP contribution in [-0.4, -0.2) is 7.11 Å². The highest BCUT2D eigenvalue weighted by molar-refractivity contribution is 9.10. The number of hydrogen-bond acceptors (Lipinski definition) is 3. The van der Waals surface area contributed by atoms with Crippen molar-refractivity contribution in [3.05, 3.63) is 45.1 Å². The second-order valence-corrected chi connectivity index (χ2v) is 4.85. The molecular weight excluding hydrogens is 288 g/mol. The molecular formula is C12H11BrO2S. The number of ether oxygens (including phenoxy) is 2. The van der Waals surface area contributed by atoms with Crippen molar-refractivity contribution in [2.24, 2.45) is 0 Å². The minimum Gasteiger partial charge on any atom is -0.497 e. The van der Waals surface area contributed by atoms with Gasteiger partial charge in [0.25, 0.3) is 0 Å². The van der Waals surface area contributed by atoms with E-state index in [0.29, 0.717) is 6.61 Å². The fourth-order valence-corrected chi connectivity index (χ4v) is 2.39. The summed E-state index contributed by atoms with van der Waals surface area (Å²) in [5.41, 5.74) is 1.19. The van der Waals surface area contributed by atoms with Gasteiger partial charge < -0.3 is 9.47 Å². The molecule has 0 spiro atoms. The highest BCUT2D eigenvalue weighted by Gasteiger charge is 2.03. The molecule has 16 heavy (non-hydrogen) atoms. The summed E-state index contributed by atoms with van der Waals surface area (Å²) in [7, 11) is 1.65. The molecule has 2 aromatic rings. The van der Waals surface area contributed by atoms with Gasteiger partial charge in [-0.2, -0.15) is 11.3 Å². The molecule has 0 amide bonds. The van der Waals surface area contributed by atoms with Gasteiger partial charge in [-0.05, 0) is 56.5 Å². The second-order valence-electron chi connectivity index (χ2n) is 3.22. The van der Waals surface area contributed by atoms with E-state index < -0.39 is 0 Å². The Morgan fingerprint density at radius 3 is 2.81 bits per heavy atom. The predicted molar refractivity (Wildman–Crippen MR) is 69.3 cm³/mol. The first kappa shape index (κ1) is 11.5. The van der Waals surface area contributed by atoms with Crippen LogP contribution in [0.5, 0.6) is 11.5 Å². The molecule has 1 heterocycles. The minimum absolute atomic E-state index is 0.592. The van der Waals surface area contributed by atoms with E-state index >= 15 is 0 Å². The lowest BCUT2D eigenvalue weighted by molar-refractivity contribution is 0.304. The van der Waals surface area contributed by atoms with Crippen LogP contribution < -0.4 is 9.47 Å². The Morgan fingerprint density at radius 2 is 2.19 bits per heavy atom. The van der Waals surface area contributed by atoms with Gasteiger partial charge in [0.2, 0.25) is 0 Å². The summed E-state index contributed by atoms with van der Waals surface area (Å²) in [5.74, 6) is 1.64. The Labute approximate surface area is 107 Å². The molecule has 1 aromatic carbocycles. The molecule has 0 aliphatic carbocycles. The lowest BCUT2D eigenvalue weighted by atomic mass is 10.3. The summed E-state index contributed by atoms with van der Waals surface area (Å²) in [6.45, 7) is 0.592. The zero-order valence-corrected chi connectivity index (χ0v) is 11.2. The minimum atomic E-state index is 0.592. The van der Waals surface area contributed by atoms with E-state index in [1.165, 1.54) is 5.56 Å². The zero-order chi connectivity index (χ0) is 11.4. The highest BCUT2D eigenvalue weighted by atomic mass is 79.9. The van der Waals surface area contributed by atoms with Crippen molar-refractivity contribution in [3.8, 4) is 11.5 Å². The van der Waals surface area contributed by atoms with Gasteiger partial charge in [-0.25, -0.2) is 0 Å². The van der Waals surface area contributed by atoms with Gasteiger partial charge in [-0.15, -0.1) is 0 Å². The van der Waals surface area contributed by atoms with Crippen LogP contribution in [0.3, 0.4) is 0 Å². The summed E-state index contributed by atoms with van der Waals surface area (Å²) >= 11 is 5.12. The number of methoxy groups -OCH3 is 1. The van der Waals surface area contributed by atoms with Crippen molar-refractivity contribution >= 4 is 27.3 Å². The van der Waals surface area contributed by atoms with E-state index in [1.54, 1.807) is 18.4 Å². The quantitative estimate of drug-likeness (QED) is 0.846. The smallest absolute Gasteiger partial charge is 0.134 e. The number of hydrogen-bond donors (Lipinski definition) is 0. The maximum atomic E-state index is 5.68. The average molecular weight is 299 g/mol. The molecule has 1 aromatic heterocycles. The van der Waals surface area contributed by atoms with Crippen LogP contribution in [0.1, 0.15) is 5.56 Å². The zero-order valence-electron chi connectivity index (χ0n) is 8.77. The van der Waals surface area contributed by atoms with Crippen LogP contribution in [-0.2, 0) is 6.61 Å². The molecule has 0 aliphatic heterocycles. The fourth-order valence-electron chi connectivity index (χ4n) is 1.26. The largest absolute Gasteiger partial charge is 0.497 e. The van der Waals surface area contributed by atoms with Crippen LogP contribution in [0.15, 0.2) is 39.5 Å². The first-order chi connectivity index (χ1) is 7.79. The normalized spacial score (nSPS) is 10.1. The van der Waals surface area contributed by atoms with Crippen molar-refractivity contribution in [1.29, 1.82) is 0 Å². The molecule has 4 heteroatoms. The second kappa shape index (κ2) is 5.37. The Hall–Kier alpha value is -1.00. The van der Waals surface area contributed by atoms with Crippen molar-refractivity contribution in [1.82, 2.24) is 0 Å². The fraction of sp³-hybridized carbons (Fsp3) is 0.167. The first-order valence-corrected chi connectivity index (χ1v) is 6.50. The summed E-state index contributed by atoms with van der Waals surface area (Å²) < 4.78 is 11.7. The lowest BCUT2D eigenvalue weighted by Gasteiger charge is -2.08. The maximum Gasteiger partial charge on any atom is 0.134 e. The van der Waals surface area contributed by atoms with Gasteiger partial charge in [-0.1, -0.05) is 0 Å². The summed E-state index contributed by atoms with van der Waals surface area (Å²) in [4.78, 5) is 0. The molecule has 2 nitrogen and oxygen atoms in total. The summed E-state index contributed by atoms with van der Waals surface area (Å²) in [6, 6.07) is 7.73. The number of thiophene rings is 1. The topological polar surface area (TPSA) is 18.5 Å². The average Bonchev–Trinajstić information content (AvgIpc) is 2.80. The van der Waals surface area contributed by atoms with Gasteiger partial charge in [0.05, 0.1) is 11.6 Å². The highest BCUT2D eigenvalue weighted by Crippen LogP contribution is 2.29. The van der Waals surface area contributed by atoms with Crippen LogP contribution >= 0.6 is 27.3 Å². The van der Waals surface area contributed by atoms with E-state index in [0.717, 1.165) is 16.0 Å². The molecule has 0 N–H and O–H groups in total. The molecule has 0 aliphatic rings. The third-order valence-corrected chi connectivity index (χ3v) is 3.47. The molecule has 0 atom stereocenters. The Balaban J connectivity index is 2.04. The lowest BCUT2D eigenvalue weighted by Crippen LogP contribution is -1.94. The van der Waals surface area contributed by atoms with Crippen LogP contribution in [0.4, 0.5) is 0 Å². The molecule has 0 radical (unpaired) electrons. The van der Waals surface area contributed by atoms with E-state index in [2.05, 4.69) is 27.4 Å². The van der Waals surface area contributed by atoms with Crippen LogP contribution in [0.25, 0.3) is 0 Å². The maximum absolute atomic E-state index is 5.68. The number of halogens is 1. The third-order valence-electron chi connectivity index (χ3n) is 2.11. The van der Waals surface area contributed by atoms with Gasteiger partial charge in [0.1, 0.15) is 18.1 Å². The van der Waals surface area contributed by atoms with E-state index in [-0.39, 0.29) is 0 Å². The molecule has 0 saturated heterocycles. The van der Waals surface area contributed by atoms with Gasteiger partial charge in [-0.3, -0.25) is 0 Å². The van der Waals surface area contributed by atoms with Crippen molar-refractivity contribution in [3.63, 3.8) is 0 Å². The van der Waals surface area contributed by atoms with Crippen molar-refractivity contribution in [2.75, 3.05) is 7.11 Å². The van der Waals surface area contributed by atoms with E-state index in [4.69, 9.17) is 9.47 Å². The van der Waals surface area contributed by atoms with Gasteiger partial charge in [0.15, 0.2) is 0 Å². The van der Waals surface area contributed by atoms with E-state index in [1.807, 2.05) is 23.6 Å².